The van der Waals surface area contributed by atoms with E-state index >= 15 is 0 Å². The molecule has 3 heterocycles. The van der Waals surface area contributed by atoms with Crippen molar-refractivity contribution >= 4 is 11.7 Å². The summed E-state index contributed by atoms with van der Waals surface area (Å²) in [5, 5.41) is 8.04. The summed E-state index contributed by atoms with van der Waals surface area (Å²) >= 11 is 0. The van der Waals surface area contributed by atoms with Gasteiger partial charge in [0.2, 0.25) is 11.8 Å². The molecular formula is C21H23N5O2. The van der Waals surface area contributed by atoms with Crippen LogP contribution in [0.3, 0.4) is 0 Å². The second-order valence-corrected chi connectivity index (χ2v) is 7.03. The predicted octanol–water partition coefficient (Wildman–Crippen LogP) is 2.64. The maximum atomic E-state index is 12.7. The van der Waals surface area contributed by atoms with E-state index in [9.17, 15) is 4.79 Å². The summed E-state index contributed by atoms with van der Waals surface area (Å²) in [7, 11) is 0. The highest BCUT2D eigenvalue weighted by atomic mass is 16.4. The molecule has 4 rings (SSSR count). The number of benzene rings is 1. The van der Waals surface area contributed by atoms with Gasteiger partial charge in [-0.1, -0.05) is 29.8 Å². The van der Waals surface area contributed by atoms with Crippen LogP contribution in [-0.4, -0.2) is 52.2 Å². The zero-order valence-electron chi connectivity index (χ0n) is 16.1. The lowest BCUT2D eigenvalue weighted by Crippen LogP contribution is -2.49. The molecule has 0 radical (unpaired) electrons. The Bertz CT molecular complexity index is 976. The molecule has 0 bridgehead atoms. The number of rotatable bonds is 4. The Balaban J connectivity index is 1.43. The first kappa shape index (κ1) is 18.2. The SMILES string of the molecule is Cc1cccc(CC(=O)N2CCN(c3ncccc3-c3nnc(C)o3)CC2)c1. The topological polar surface area (TPSA) is 75.4 Å². The molecule has 144 valence electrons. The summed E-state index contributed by atoms with van der Waals surface area (Å²) in [5.41, 5.74) is 3.06. The summed E-state index contributed by atoms with van der Waals surface area (Å²) < 4.78 is 5.58. The minimum absolute atomic E-state index is 0.166. The van der Waals surface area contributed by atoms with Crippen LogP contribution in [0.15, 0.2) is 47.0 Å². The second kappa shape index (κ2) is 7.80. The fourth-order valence-electron chi connectivity index (χ4n) is 3.50. The fourth-order valence-corrected chi connectivity index (χ4v) is 3.50. The third-order valence-corrected chi connectivity index (χ3v) is 4.91. The predicted molar refractivity (Wildman–Crippen MR) is 106 cm³/mol. The van der Waals surface area contributed by atoms with Gasteiger partial charge >= 0.3 is 0 Å². The average Bonchev–Trinajstić information content (AvgIpc) is 3.14. The van der Waals surface area contributed by atoms with Crippen molar-refractivity contribution in [2.75, 3.05) is 31.1 Å². The Kier molecular flexibility index (Phi) is 5.06. The molecule has 1 aliphatic heterocycles. The van der Waals surface area contributed by atoms with Gasteiger partial charge in [0, 0.05) is 39.3 Å². The maximum Gasteiger partial charge on any atom is 0.251 e. The summed E-state index contributed by atoms with van der Waals surface area (Å²) in [4.78, 5) is 21.3. The lowest BCUT2D eigenvalue weighted by Gasteiger charge is -2.36. The van der Waals surface area contributed by atoms with Crippen LogP contribution in [0.25, 0.3) is 11.5 Å². The molecule has 1 aliphatic rings. The third kappa shape index (κ3) is 3.88. The molecule has 1 amide bonds. The molecule has 1 aromatic carbocycles. The van der Waals surface area contributed by atoms with Gasteiger partial charge in [-0.2, -0.15) is 0 Å². The van der Waals surface area contributed by atoms with Crippen LogP contribution in [-0.2, 0) is 11.2 Å². The van der Waals surface area contributed by atoms with Gasteiger partial charge in [-0.15, -0.1) is 10.2 Å². The van der Waals surface area contributed by atoms with E-state index in [-0.39, 0.29) is 5.91 Å². The normalized spacial score (nSPS) is 14.4. The summed E-state index contributed by atoms with van der Waals surface area (Å²) in [6.45, 7) is 6.59. The van der Waals surface area contributed by atoms with E-state index in [0.29, 0.717) is 31.3 Å². The first-order valence-electron chi connectivity index (χ1n) is 9.44. The summed E-state index contributed by atoms with van der Waals surface area (Å²) in [6.07, 6.45) is 2.20. The Morgan fingerprint density at radius 2 is 1.89 bits per heavy atom. The lowest BCUT2D eigenvalue weighted by atomic mass is 10.1. The molecule has 3 aromatic rings. The number of carbonyl (C=O) groups excluding carboxylic acids is 1. The number of anilines is 1. The molecule has 1 saturated heterocycles. The van der Waals surface area contributed by atoms with E-state index in [0.717, 1.165) is 30.0 Å². The molecule has 0 atom stereocenters. The minimum atomic E-state index is 0.166. The first-order valence-corrected chi connectivity index (χ1v) is 9.44. The van der Waals surface area contributed by atoms with E-state index in [1.807, 2.05) is 42.2 Å². The van der Waals surface area contributed by atoms with Crippen LogP contribution in [0.2, 0.25) is 0 Å². The maximum absolute atomic E-state index is 12.7. The van der Waals surface area contributed by atoms with Crippen molar-refractivity contribution < 1.29 is 9.21 Å². The van der Waals surface area contributed by atoms with Crippen molar-refractivity contribution in [3.63, 3.8) is 0 Å². The van der Waals surface area contributed by atoms with Crippen molar-refractivity contribution in [1.29, 1.82) is 0 Å². The minimum Gasteiger partial charge on any atom is -0.421 e. The smallest absolute Gasteiger partial charge is 0.251 e. The van der Waals surface area contributed by atoms with Crippen LogP contribution in [0.5, 0.6) is 0 Å². The van der Waals surface area contributed by atoms with Crippen LogP contribution in [0.4, 0.5) is 5.82 Å². The number of aromatic nitrogens is 3. The Labute approximate surface area is 164 Å². The second-order valence-electron chi connectivity index (χ2n) is 7.03. The van der Waals surface area contributed by atoms with Crippen molar-refractivity contribution in [3.05, 3.63) is 59.6 Å². The van der Waals surface area contributed by atoms with E-state index in [2.05, 4.69) is 26.1 Å². The standard InChI is InChI=1S/C21H23N5O2/c1-15-5-3-6-17(13-15)14-19(27)25-9-11-26(12-10-25)20-18(7-4-8-22-20)21-24-23-16(2)28-21/h3-8,13H,9-12,14H2,1-2H3. The van der Waals surface area contributed by atoms with Crippen molar-refractivity contribution in [1.82, 2.24) is 20.1 Å². The van der Waals surface area contributed by atoms with Gasteiger partial charge in [0.15, 0.2) is 0 Å². The van der Waals surface area contributed by atoms with Gasteiger partial charge in [0.1, 0.15) is 5.82 Å². The number of nitrogens with zero attached hydrogens (tertiary/aromatic N) is 5. The van der Waals surface area contributed by atoms with Gasteiger partial charge in [0.25, 0.3) is 5.89 Å². The van der Waals surface area contributed by atoms with Gasteiger partial charge in [-0.25, -0.2) is 4.98 Å². The highest BCUT2D eigenvalue weighted by Crippen LogP contribution is 2.28. The lowest BCUT2D eigenvalue weighted by molar-refractivity contribution is -0.130. The molecule has 1 fully saturated rings. The molecule has 0 saturated carbocycles. The van der Waals surface area contributed by atoms with Gasteiger partial charge in [-0.05, 0) is 24.6 Å². The third-order valence-electron chi connectivity index (χ3n) is 4.91. The van der Waals surface area contributed by atoms with E-state index in [1.54, 1.807) is 13.1 Å². The van der Waals surface area contributed by atoms with Crippen LogP contribution in [0.1, 0.15) is 17.0 Å². The largest absolute Gasteiger partial charge is 0.421 e. The molecule has 0 N–H and O–H groups in total. The van der Waals surface area contributed by atoms with Crippen LogP contribution in [0, 0.1) is 13.8 Å². The molecule has 7 heteroatoms. The van der Waals surface area contributed by atoms with Gasteiger partial charge < -0.3 is 14.2 Å². The molecule has 0 aliphatic carbocycles. The monoisotopic (exact) mass is 377 g/mol. The average molecular weight is 377 g/mol. The summed E-state index contributed by atoms with van der Waals surface area (Å²) in [6, 6.07) is 11.9. The zero-order chi connectivity index (χ0) is 19.5. The molecule has 2 aromatic heterocycles. The van der Waals surface area contributed by atoms with E-state index in [4.69, 9.17) is 4.42 Å². The Hall–Kier alpha value is -3.22. The van der Waals surface area contributed by atoms with Crippen molar-refractivity contribution in [3.8, 4) is 11.5 Å². The number of pyridine rings is 1. The quantitative estimate of drug-likeness (QED) is 0.696. The fraction of sp³-hybridized carbons (Fsp3) is 0.333. The summed E-state index contributed by atoms with van der Waals surface area (Å²) in [5.74, 6) is 1.98. The van der Waals surface area contributed by atoms with Gasteiger partial charge in [-0.3, -0.25) is 4.79 Å². The number of piperazine rings is 1. The molecule has 28 heavy (non-hydrogen) atoms. The molecule has 0 unspecified atom stereocenters. The first-order chi connectivity index (χ1) is 13.6. The van der Waals surface area contributed by atoms with E-state index < -0.39 is 0 Å². The van der Waals surface area contributed by atoms with Crippen LogP contribution < -0.4 is 4.90 Å². The van der Waals surface area contributed by atoms with Gasteiger partial charge in [0.05, 0.1) is 12.0 Å². The number of hydrogen-bond acceptors (Lipinski definition) is 6. The highest BCUT2D eigenvalue weighted by Gasteiger charge is 2.24. The molecular weight excluding hydrogens is 354 g/mol. The molecule has 7 nitrogen and oxygen atoms in total. The number of hydrogen-bond donors (Lipinski definition) is 0. The van der Waals surface area contributed by atoms with Crippen molar-refractivity contribution in [2.24, 2.45) is 0 Å². The number of amides is 1. The Morgan fingerprint density at radius 3 is 2.61 bits per heavy atom. The van der Waals surface area contributed by atoms with Crippen LogP contribution >= 0.6 is 0 Å². The van der Waals surface area contributed by atoms with E-state index in [1.165, 1.54) is 5.56 Å². The highest BCUT2D eigenvalue weighted by molar-refractivity contribution is 5.79. The number of carbonyl (C=O) groups is 1. The zero-order valence-corrected chi connectivity index (χ0v) is 16.1. The van der Waals surface area contributed by atoms with Crippen molar-refractivity contribution in [2.45, 2.75) is 20.3 Å². The molecule has 0 spiro atoms. The number of aryl methyl sites for hydroxylation is 2. The Morgan fingerprint density at radius 1 is 1.07 bits per heavy atom.